The van der Waals surface area contributed by atoms with Crippen LogP contribution in [0.1, 0.15) is 46.5 Å². The van der Waals surface area contributed by atoms with Crippen LogP contribution in [0.3, 0.4) is 0 Å². The van der Waals surface area contributed by atoms with Gasteiger partial charge in [0.15, 0.2) is 0 Å². The molecule has 0 bridgehead atoms. The molecule has 1 saturated heterocycles. The van der Waals surface area contributed by atoms with Crippen LogP contribution in [0.15, 0.2) is 0 Å². The predicted octanol–water partition coefficient (Wildman–Crippen LogP) is 3.71. The van der Waals surface area contributed by atoms with E-state index in [1.54, 1.807) is 0 Å². The van der Waals surface area contributed by atoms with Gasteiger partial charge in [-0.2, -0.15) is 0 Å². The summed E-state index contributed by atoms with van der Waals surface area (Å²) in [6, 6.07) is 0. The first kappa shape index (κ1) is 8.93. The zero-order valence-corrected chi connectivity index (χ0v) is 9.29. The van der Waals surface area contributed by atoms with Crippen molar-refractivity contribution in [3.63, 3.8) is 0 Å². The highest BCUT2D eigenvalue weighted by atomic mass is 32.2. The van der Waals surface area contributed by atoms with Gasteiger partial charge in [-0.15, -0.1) is 11.8 Å². The van der Waals surface area contributed by atoms with Crippen molar-refractivity contribution in [1.82, 2.24) is 0 Å². The third kappa shape index (κ3) is 1.30. The molecule has 0 aromatic rings. The van der Waals surface area contributed by atoms with E-state index in [-0.39, 0.29) is 0 Å². The van der Waals surface area contributed by atoms with Crippen molar-refractivity contribution in [1.29, 1.82) is 0 Å². The molecule has 2 fully saturated rings. The highest BCUT2D eigenvalue weighted by molar-refractivity contribution is 8.08. The first-order chi connectivity index (χ1) is 5.68. The molecular weight excluding hydrogens is 164 g/mol. The predicted molar refractivity (Wildman–Crippen MR) is 56.6 cm³/mol. The Morgan fingerprint density at radius 2 is 2.00 bits per heavy atom. The van der Waals surface area contributed by atoms with Gasteiger partial charge in [0.1, 0.15) is 0 Å². The minimum Gasteiger partial charge on any atom is -0.149 e. The van der Waals surface area contributed by atoms with Gasteiger partial charge in [-0.05, 0) is 31.1 Å². The van der Waals surface area contributed by atoms with Crippen LogP contribution >= 0.6 is 11.8 Å². The third-order valence-corrected chi connectivity index (χ3v) is 5.93. The molecular formula is C11H20S. The molecule has 2 aliphatic rings. The van der Waals surface area contributed by atoms with Crippen LogP contribution in [0.4, 0.5) is 0 Å². The fraction of sp³-hybridized carbons (Fsp3) is 1.00. The van der Waals surface area contributed by atoms with E-state index in [1.165, 1.54) is 25.7 Å². The van der Waals surface area contributed by atoms with Crippen molar-refractivity contribution < 1.29 is 0 Å². The van der Waals surface area contributed by atoms with Crippen LogP contribution in [-0.2, 0) is 0 Å². The van der Waals surface area contributed by atoms with Crippen LogP contribution in [0.25, 0.3) is 0 Å². The molecule has 0 N–H and O–H groups in total. The smallest absolute Gasteiger partial charge is 0.0279 e. The third-order valence-electron chi connectivity index (χ3n) is 4.10. The molecule has 1 aliphatic heterocycles. The lowest BCUT2D eigenvalue weighted by molar-refractivity contribution is 0.170. The van der Waals surface area contributed by atoms with Crippen molar-refractivity contribution in [2.45, 2.75) is 56.5 Å². The lowest BCUT2D eigenvalue weighted by atomic mass is 9.70. The number of thioether (sulfide) groups is 1. The van der Waals surface area contributed by atoms with Crippen LogP contribution in [-0.4, -0.2) is 10.00 Å². The molecule has 2 rings (SSSR count). The maximum Gasteiger partial charge on any atom is 0.0279 e. The number of hydrogen-bond acceptors (Lipinski definition) is 1. The Balaban J connectivity index is 1.86. The number of hydrogen-bond donors (Lipinski definition) is 0. The fourth-order valence-electron chi connectivity index (χ4n) is 2.53. The van der Waals surface area contributed by atoms with E-state index >= 15 is 0 Å². The molecule has 0 amide bonds. The quantitative estimate of drug-likeness (QED) is 0.603. The summed E-state index contributed by atoms with van der Waals surface area (Å²) >= 11 is 2.22. The van der Waals surface area contributed by atoms with Crippen LogP contribution in [0, 0.1) is 11.8 Å². The zero-order valence-electron chi connectivity index (χ0n) is 8.47. The fourth-order valence-corrected chi connectivity index (χ4v) is 3.91. The standard InChI is InChI=1S/C11H20S/c1-4-11(9(3)12-11)7-10-6-5-8(10)2/h8-10H,4-7H2,1-3H3. The summed E-state index contributed by atoms with van der Waals surface area (Å²) in [5, 5.41) is 0.954. The summed E-state index contributed by atoms with van der Waals surface area (Å²) in [5.74, 6) is 2.10. The normalized spacial score (nSPS) is 51.8. The number of rotatable bonds is 3. The van der Waals surface area contributed by atoms with Gasteiger partial charge in [0, 0.05) is 10.00 Å². The van der Waals surface area contributed by atoms with E-state index in [2.05, 4.69) is 32.5 Å². The Labute approximate surface area is 80.5 Å². The molecule has 70 valence electrons. The second-order valence-electron chi connectivity index (χ2n) is 4.70. The first-order valence-electron chi connectivity index (χ1n) is 5.36. The average Bonchev–Trinajstić information content (AvgIpc) is 2.71. The van der Waals surface area contributed by atoms with Crippen LogP contribution in [0.2, 0.25) is 0 Å². The van der Waals surface area contributed by atoms with Crippen molar-refractivity contribution in [2.24, 2.45) is 11.8 Å². The Morgan fingerprint density at radius 3 is 2.25 bits per heavy atom. The largest absolute Gasteiger partial charge is 0.149 e. The summed E-state index contributed by atoms with van der Waals surface area (Å²) in [6.07, 6.45) is 5.90. The molecule has 1 saturated carbocycles. The van der Waals surface area contributed by atoms with Gasteiger partial charge in [0.2, 0.25) is 0 Å². The average molecular weight is 184 g/mol. The molecule has 0 radical (unpaired) electrons. The molecule has 12 heavy (non-hydrogen) atoms. The molecule has 4 unspecified atom stereocenters. The van der Waals surface area contributed by atoms with Gasteiger partial charge in [-0.3, -0.25) is 0 Å². The van der Waals surface area contributed by atoms with E-state index in [1.807, 2.05) is 0 Å². The Hall–Kier alpha value is 0.350. The van der Waals surface area contributed by atoms with Crippen LogP contribution in [0.5, 0.6) is 0 Å². The van der Waals surface area contributed by atoms with Crippen molar-refractivity contribution >= 4 is 11.8 Å². The first-order valence-corrected chi connectivity index (χ1v) is 6.24. The lowest BCUT2D eigenvalue weighted by Crippen LogP contribution is -2.29. The molecule has 4 atom stereocenters. The SMILES string of the molecule is CCC1(CC2CCC2C)SC1C. The molecule has 0 spiro atoms. The minimum absolute atomic E-state index is 0.722. The van der Waals surface area contributed by atoms with E-state index in [9.17, 15) is 0 Å². The van der Waals surface area contributed by atoms with Gasteiger partial charge >= 0.3 is 0 Å². The summed E-state index contributed by atoms with van der Waals surface area (Å²) in [5.41, 5.74) is 0. The second kappa shape index (κ2) is 2.94. The van der Waals surface area contributed by atoms with E-state index in [4.69, 9.17) is 0 Å². The van der Waals surface area contributed by atoms with E-state index < -0.39 is 0 Å². The molecule has 0 nitrogen and oxygen atoms in total. The van der Waals surface area contributed by atoms with Crippen LogP contribution < -0.4 is 0 Å². The summed E-state index contributed by atoms with van der Waals surface area (Å²) in [4.78, 5) is 0. The molecule has 1 heteroatoms. The molecule has 0 aromatic carbocycles. The van der Waals surface area contributed by atoms with Gasteiger partial charge in [0.05, 0.1) is 0 Å². The monoisotopic (exact) mass is 184 g/mol. The van der Waals surface area contributed by atoms with Gasteiger partial charge in [-0.1, -0.05) is 27.2 Å². The summed E-state index contributed by atoms with van der Waals surface area (Å²) in [6.45, 7) is 7.19. The highest BCUT2D eigenvalue weighted by Gasteiger charge is 2.52. The van der Waals surface area contributed by atoms with E-state index in [0.29, 0.717) is 0 Å². The summed E-state index contributed by atoms with van der Waals surface area (Å²) < 4.78 is 0.722. The summed E-state index contributed by atoms with van der Waals surface area (Å²) in [7, 11) is 0. The minimum atomic E-state index is 0.722. The Kier molecular flexibility index (Phi) is 2.18. The maximum absolute atomic E-state index is 2.43. The molecule has 1 heterocycles. The molecule has 1 aliphatic carbocycles. The second-order valence-corrected chi connectivity index (χ2v) is 6.45. The van der Waals surface area contributed by atoms with Crippen molar-refractivity contribution in [3.05, 3.63) is 0 Å². The Morgan fingerprint density at radius 1 is 1.33 bits per heavy atom. The van der Waals surface area contributed by atoms with Crippen molar-refractivity contribution in [2.75, 3.05) is 0 Å². The highest BCUT2D eigenvalue weighted by Crippen LogP contribution is 2.61. The van der Waals surface area contributed by atoms with Gasteiger partial charge in [0.25, 0.3) is 0 Å². The van der Waals surface area contributed by atoms with Crippen molar-refractivity contribution in [3.8, 4) is 0 Å². The lowest BCUT2D eigenvalue weighted by Gasteiger charge is -2.36. The maximum atomic E-state index is 2.43. The van der Waals surface area contributed by atoms with E-state index in [0.717, 1.165) is 21.8 Å². The topological polar surface area (TPSA) is 0 Å². The molecule has 0 aromatic heterocycles. The van der Waals surface area contributed by atoms with Gasteiger partial charge in [-0.25, -0.2) is 0 Å². The zero-order chi connectivity index (χ0) is 8.77. The van der Waals surface area contributed by atoms with Gasteiger partial charge < -0.3 is 0 Å². The Bertz CT molecular complexity index is 174.